The van der Waals surface area contributed by atoms with Crippen molar-refractivity contribution < 1.29 is 13.2 Å². The van der Waals surface area contributed by atoms with Gasteiger partial charge in [-0.2, -0.15) is 0 Å². The van der Waals surface area contributed by atoms with Crippen LogP contribution in [0.25, 0.3) is 5.69 Å². The quantitative estimate of drug-likeness (QED) is 0.855. The highest BCUT2D eigenvalue weighted by Gasteiger charge is 2.28. The van der Waals surface area contributed by atoms with E-state index in [1.54, 1.807) is 0 Å². The second-order valence-electron chi connectivity index (χ2n) is 7.27. The Morgan fingerprint density at radius 3 is 2.30 bits per heavy atom. The number of carbonyl (C=O) groups is 1. The van der Waals surface area contributed by atoms with Gasteiger partial charge in [0.25, 0.3) is 5.91 Å². The van der Waals surface area contributed by atoms with Crippen LogP contribution in [0.2, 0.25) is 0 Å². The van der Waals surface area contributed by atoms with Crippen molar-refractivity contribution in [2.24, 2.45) is 0 Å². The molecule has 146 valence electrons. The number of nitrogens with one attached hydrogen (secondary N) is 1. The lowest BCUT2D eigenvalue weighted by Crippen LogP contribution is -2.49. The molecule has 0 saturated carbocycles. The van der Waals surface area contributed by atoms with Crippen LogP contribution in [0.5, 0.6) is 0 Å². The van der Waals surface area contributed by atoms with E-state index in [9.17, 15) is 13.2 Å². The number of carbonyl (C=O) groups excluding carboxylic acids is 1. The Morgan fingerprint density at radius 1 is 1.07 bits per heavy atom. The topological polar surface area (TPSA) is 71.4 Å². The second kappa shape index (κ2) is 7.86. The van der Waals surface area contributed by atoms with Crippen molar-refractivity contribution in [1.29, 1.82) is 0 Å². The number of sulfonamides is 1. The van der Waals surface area contributed by atoms with E-state index in [4.69, 9.17) is 0 Å². The third kappa shape index (κ3) is 4.59. The summed E-state index contributed by atoms with van der Waals surface area (Å²) in [5, 5.41) is 0. The van der Waals surface area contributed by atoms with Gasteiger partial charge in [-0.15, -0.1) is 0 Å². The van der Waals surface area contributed by atoms with Gasteiger partial charge in [0, 0.05) is 41.8 Å². The molecule has 1 amide bonds. The maximum absolute atomic E-state index is 13.0. The molecule has 0 unspecified atom stereocenters. The minimum Gasteiger partial charge on any atom is -0.334 e. The van der Waals surface area contributed by atoms with Crippen LogP contribution in [0.4, 0.5) is 0 Å². The number of nitrogens with zero attached hydrogens (tertiary/aromatic N) is 2. The predicted molar refractivity (Wildman–Crippen MR) is 107 cm³/mol. The van der Waals surface area contributed by atoms with Gasteiger partial charge in [0.1, 0.15) is 0 Å². The number of likely N-dealkylation sites (tertiary alicyclic amines) is 1. The molecule has 27 heavy (non-hydrogen) atoms. The summed E-state index contributed by atoms with van der Waals surface area (Å²) in [6.07, 6.45) is 3.91. The molecule has 1 N–H and O–H groups in total. The third-order valence-electron chi connectivity index (χ3n) is 5.11. The van der Waals surface area contributed by atoms with Gasteiger partial charge in [0.05, 0.1) is 6.26 Å². The summed E-state index contributed by atoms with van der Waals surface area (Å²) >= 11 is 0. The van der Waals surface area contributed by atoms with E-state index in [1.807, 2.05) is 29.2 Å². The number of hydrogen-bond acceptors (Lipinski definition) is 3. The van der Waals surface area contributed by atoms with Crippen LogP contribution >= 0.6 is 0 Å². The maximum atomic E-state index is 13.0. The lowest BCUT2D eigenvalue weighted by Gasteiger charge is -2.36. The molecule has 0 aliphatic carbocycles. The first-order chi connectivity index (χ1) is 12.8. The van der Waals surface area contributed by atoms with Crippen molar-refractivity contribution in [3.8, 4) is 5.69 Å². The van der Waals surface area contributed by atoms with E-state index in [-0.39, 0.29) is 18.5 Å². The first-order valence-corrected chi connectivity index (χ1v) is 11.2. The van der Waals surface area contributed by atoms with Gasteiger partial charge in [-0.1, -0.05) is 0 Å². The molecule has 1 aliphatic rings. The smallest absolute Gasteiger partial charge is 0.254 e. The molecule has 1 atom stereocenters. The minimum absolute atomic E-state index is 0.0394. The first kappa shape index (κ1) is 19.6. The SMILES string of the molecule is Cc1ccc(C)n1-c1ccc(C(=O)N2CCCC[C@@H]2CNS(C)(=O)=O)cc1. The largest absolute Gasteiger partial charge is 0.334 e. The lowest BCUT2D eigenvalue weighted by molar-refractivity contribution is 0.0619. The first-order valence-electron chi connectivity index (χ1n) is 9.27. The standard InChI is InChI=1S/C20H27N3O3S/c1-15-7-8-16(2)23(15)18-11-9-17(10-12-18)20(24)22-13-5-4-6-19(22)14-21-27(3,25)26/h7-12,19,21H,4-6,13-14H2,1-3H3/t19-/m1/s1. The summed E-state index contributed by atoms with van der Waals surface area (Å²) in [5.41, 5.74) is 3.96. The molecule has 2 aromatic rings. The summed E-state index contributed by atoms with van der Waals surface area (Å²) in [7, 11) is -3.27. The van der Waals surface area contributed by atoms with Crippen LogP contribution in [-0.4, -0.2) is 49.2 Å². The Kier molecular flexibility index (Phi) is 5.72. The van der Waals surface area contributed by atoms with E-state index >= 15 is 0 Å². The Hall–Kier alpha value is -2.12. The second-order valence-corrected chi connectivity index (χ2v) is 9.10. The average molecular weight is 390 g/mol. The zero-order valence-electron chi connectivity index (χ0n) is 16.1. The molecule has 7 heteroatoms. The van der Waals surface area contributed by atoms with Crippen molar-refractivity contribution in [2.75, 3.05) is 19.3 Å². The summed E-state index contributed by atoms with van der Waals surface area (Å²) in [5.74, 6) is -0.0394. The molecule has 0 radical (unpaired) electrons. The van der Waals surface area contributed by atoms with Gasteiger partial charge in [-0.05, 0) is 69.5 Å². The molecular weight excluding hydrogens is 362 g/mol. The highest BCUT2D eigenvalue weighted by atomic mass is 32.2. The summed E-state index contributed by atoms with van der Waals surface area (Å²) in [6, 6.07) is 11.7. The van der Waals surface area contributed by atoms with Gasteiger partial charge in [0.2, 0.25) is 10.0 Å². The molecule has 2 heterocycles. The van der Waals surface area contributed by atoms with Crippen LogP contribution in [0.3, 0.4) is 0 Å². The highest BCUT2D eigenvalue weighted by Crippen LogP contribution is 2.21. The number of piperidine rings is 1. The third-order valence-corrected chi connectivity index (χ3v) is 5.80. The van der Waals surface area contributed by atoms with Crippen molar-refractivity contribution in [1.82, 2.24) is 14.2 Å². The van der Waals surface area contributed by atoms with Crippen LogP contribution < -0.4 is 4.72 Å². The van der Waals surface area contributed by atoms with Gasteiger partial charge < -0.3 is 9.47 Å². The molecule has 3 rings (SSSR count). The molecule has 1 aromatic carbocycles. The Labute approximate surface area is 161 Å². The van der Waals surface area contributed by atoms with Crippen LogP contribution in [-0.2, 0) is 10.0 Å². The zero-order valence-corrected chi connectivity index (χ0v) is 16.9. The number of benzene rings is 1. The van der Waals surface area contributed by atoms with Gasteiger partial charge in [-0.25, -0.2) is 13.1 Å². The molecule has 0 spiro atoms. The highest BCUT2D eigenvalue weighted by molar-refractivity contribution is 7.88. The Morgan fingerprint density at radius 2 is 1.70 bits per heavy atom. The fourth-order valence-electron chi connectivity index (χ4n) is 3.72. The van der Waals surface area contributed by atoms with Gasteiger partial charge in [-0.3, -0.25) is 4.79 Å². The van der Waals surface area contributed by atoms with Crippen LogP contribution in [0.1, 0.15) is 41.0 Å². The molecular formula is C20H27N3O3S. The Balaban J connectivity index is 1.77. The number of rotatable bonds is 5. The average Bonchev–Trinajstić information content (AvgIpc) is 2.97. The summed E-state index contributed by atoms with van der Waals surface area (Å²) < 4.78 is 27.5. The zero-order chi connectivity index (χ0) is 19.6. The number of hydrogen-bond donors (Lipinski definition) is 1. The van der Waals surface area contributed by atoms with Crippen molar-refractivity contribution in [3.63, 3.8) is 0 Å². The van der Waals surface area contributed by atoms with Crippen LogP contribution in [0.15, 0.2) is 36.4 Å². The van der Waals surface area contributed by atoms with E-state index in [1.165, 1.54) is 0 Å². The fourth-order valence-corrected chi connectivity index (χ4v) is 4.22. The van der Waals surface area contributed by atoms with Crippen LogP contribution in [0, 0.1) is 13.8 Å². The molecule has 1 fully saturated rings. The van der Waals surface area contributed by atoms with E-state index in [0.717, 1.165) is 42.6 Å². The normalized spacial score (nSPS) is 17.9. The molecule has 1 saturated heterocycles. The Bertz CT molecular complexity index is 897. The molecule has 1 aliphatic heterocycles. The number of amides is 1. The van der Waals surface area contributed by atoms with E-state index < -0.39 is 10.0 Å². The van der Waals surface area contributed by atoms with Crippen molar-refractivity contribution >= 4 is 15.9 Å². The molecule has 6 nitrogen and oxygen atoms in total. The summed E-state index contributed by atoms with van der Waals surface area (Å²) in [4.78, 5) is 14.8. The van der Waals surface area contributed by atoms with Gasteiger partial charge in [0.15, 0.2) is 0 Å². The van der Waals surface area contributed by atoms with E-state index in [2.05, 4.69) is 35.3 Å². The van der Waals surface area contributed by atoms with Gasteiger partial charge >= 0.3 is 0 Å². The minimum atomic E-state index is -3.27. The molecule has 0 bridgehead atoms. The van der Waals surface area contributed by atoms with Crippen molar-refractivity contribution in [3.05, 3.63) is 53.3 Å². The number of aromatic nitrogens is 1. The lowest BCUT2D eigenvalue weighted by atomic mass is 10.0. The fraction of sp³-hybridized carbons (Fsp3) is 0.450. The summed E-state index contributed by atoms with van der Waals surface area (Å²) in [6.45, 7) is 5.04. The maximum Gasteiger partial charge on any atom is 0.254 e. The number of aryl methyl sites for hydroxylation is 2. The van der Waals surface area contributed by atoms with E-state index in [0.29, 0.717) is 12.1 Å². The molecule has 1 aromatic heterocycles. The van der Waals surface area contributed by atoms with Crippen molar-refractivity contribution in [2.45, 2.75) is 39.2 Å². The predicted octanol–water partition coefficient (Wildman–Crippen LogP) is 2.64. The monoisotopic (exact) mass is 389 g/mol.